The van der Waals surface area contributed by atoms with Gasteiger partial charge >= 0.3 is 0 Å². The quantitative estimate of drug-likeness (QED) is 0.831. The molecule has 1 aromatic heterocycles. The van der Waals surface area contributed by atoms with Crippen LogP contribution in [0.25, 0.3) is 0 Å². The van der Waals surface area contributed by atoms with Crippen molar-refractivity contribution in [3.63, 3.8) is 0 Å². The molecule has 6 heteroatoms. The Morgan fingerprint density at radius 1 is 1.53 bits per heavy atom. The highest BCUT2D eigenvalue weighted by atomic mass is 32.2. The Morgan fingerprint density at radius 2 is 2.32 bits per heavy atom. The van der Waals surface area contributed by atoms with Crippen LogP contribution in [0.2, 0.25) is 0 Å². The average Bonchev–Trinajstić information content (AvgIpc) is 2.87. The molecule has 1 aromatic rings. The first-order valence-electron chi connectivity index (χ1n) is 6.90. The number of nitrogens with one attached hydrogen (secondary N) is 2. The van der Waals surface area contributed by atoms with E-state index in [9.17, 15) is 4.79 Å². The molecule has 1 fully saturated rings. The first kappa shape index (κ1) is 14.4. The van der Waals surface area contributed by atoms with Crippen LogP contribution in [0, 0.1) is 11.8 Å². The van der Waals surface area contributed by atoms with E-state index in [2.05, 4.69) is 34.3 Å². The van der Waals surface area contributed by atoms with Gasteiger partial charge in [0.05, 0.1) is 5.25 Å². The van der Waals surface area contributed by atoms with Crippen LogP contribution in [-0.2, 0) is 4.79 Å². The van der Waals surface area contributed by atoms with Crippen LogP contribution in [0.5, 0.6) is 0 Å². The van der Waals surface area contributed by atoms with Crippen LogP contribution in [0.15, 0.2) is 11.5 Å². The first-order valence-corrected chi connectivity index (χ1v) is 7.78. The number of carbonyl (C=O) groups is 1. The Balaban J connectivity index is 1.86. The number of hydrogen-bond donors (Lipinski definition) is 2. The van der Waals surface area contributed by atoms with Crippen LogP contribution in [-0.4, -0.2) is 32.4 Å². The number of rotatable bonds is 4. The van der Waals surface area contributed by atoms with E-state index in [1.165, 1.54) is 30.9 Å². The summed E-state index contributed by atoms with van der Waals surface area (Å²) in [4.78, 5) is 16.2. The van der Waals surface area contributed by atoms with E-state index in [0.717, 1.165) is 6.42 Å². The second-order valence-corrected chi connectivity index (χ2v) is 6.76. The van der Waals surface area contributed by atoms with Crippen molar-refractivity contribution in [1.29, 1.82) is 0 Å². The van der Waals surface area contributed by atoms with Gasteiger partial charge in [0.2, 0.25) is 5.91 Å². The van der Waals surface area contributed by atoms with Crippen molar-refractivity contribution in [3.05, 3.63) is 6.33 Å². The lowest BCUT2D eigenvalue weighted by Gasteiger charge is -2.35. The number of hydrogen-bond acceptors (Lipinski definition) is 4. The predicted molar refractivity (Wildman–Crippen MR) is 75.8 cm³/mol. The van der Waals surface area contributed by atoms with Crippen molar-refractivity contribution >= 4 is 17.7 Å². The Bertz CT molecular complexity index is 409. The summed E-state index contributed by atoms with van der Waals surface area (Å²) in [5.41, 5.74) is 0. The van der Waals surface area contributed by atoms with E-state index in [1.807, 2.05) is 6.92 Å². The molecular weight excluding hydrogens is 260 g/mol. The van der Waals surface area contributed by atoms with E-state index in [4.69, 9.17) is 0 Å². The summed E-state index contributed by atoms with van der Waals surface area (Å²) >= 11 is 1.41. The van der Waals surface area contributed by atoms with Crippen LogP contribution in [0.4, 0.5) is 0 Å². The highest BCUT2D eigenvalue weighted by molar-refractivity contribution is 8.00. The number of nitrogens with zero attached hydrogens (tertiary/aromatic N) is 2. The van der Waals surface area contributed by atoms with E-state index in [1.54, 1.807) is 0 Å². The molecule has 106 valence electrons. The van der Waals surface area contributed by atoms with Crippen LogP contribution in [0.3, 0.4) is 0 Å². The maximum atomic E-state index is 12.2. The Hall–Kier alpha value is -1.04. The lowest BCUT2D eigenvalue weighted by atomic mass is 9.78. The van der Waals surface area contributed by atoms with Gasteiger partial charge in [0.15, 0.2) is 5.16 Å². The third-order valence-electron chi connectivity index (χ3n) is 4.09. The Labute approximate surface area is 118 Å². The molecule has 19 heavy (non-hydrogen) atoms. The molecule has 2 N–H and O–H groups in total. The second kappa shape index (κ2) is 6.41. The van der Waals surface area contributed by atoms with E-state index >= 15 is 0 Å². The summed E-state index contributed by atoms with van der Waals surface area (Å²) < 4.78 is 0. The summed E-state index contributed by atoms with van der Waals surface area (Å²) in [6.45, 7) is 6.41. The van der Waals surface area contributed by atoms with Crippen LogP contribution >= 0.6 is 11.8 Å². The minimum atomic E-state index is -0.155. The van der Waals surface area contributed by atoms with Crippen molar-refractivity contribution in [2.24, 2.45) is 11.8 Å². The monoisotopic (exact) mass is 282 g/mol. The fraction of sp³-hybridized carbons (Fsp3) is 0.769. The molecule has 1 amide bonds. The number of aromatic amines is 1. The van der Waals surface area contributed by atoms with Crippen LogP contribution < -0.4 is 5.32 Å². The second-order valence-electron chi connectivity index (χ2n) is 5.43. The van der Waals surface area contributed by atoms with Gasteiger partial charge in [-0.2, -0.15) is 5.10 Å². The number of H-pyrrole nitrogens is 1. The third-order valence-corrected chi connectivity index (χ3v) is 5.07. The number of aromatic nitrogens is 3. The molecule has 1 aliphatic carbocycles. The number of carbonyl (C=O) groups excluding carboxylic acids is 1. The molecule has 5 nitrogen and oxygen atoms in total. The number of thioether (sulfide) groups is 1. The van der Waals surface area contributed by atoms with Gasteiger partial charge in [-0.15, -0.1) is 0 Å². The van der Waals surface area contributed by atoms with Gasteiger partial charge in [-0.3, -0.25) is 9.89 Å². The summed E-state index contributed by atoms with van der Waals surface area (Å²) in [7, 11) is 0. The normalized spacial score (nSPS) is 28.9. The highest BCUT2D eigenvalue weighted by Crippen LogP contribution is 2.30. The molecule has 0 aliphatic heterocycles. The highest BCUT2D eigenvalue weighted by Gasteiger charge is 2.29. The molecular formula is C13H22N4OS. The van der Waals surface area contributed by atoms with Crippen molar-refractivity contribution in [3.8, 4) is 0 Å². The smallest absolute Gasteiger partial charge is 0.233 e. The molecule has 0 radical (unpaired) electrons. The van der Waals surface area contributed by atoms with Gasteiger partial charge in [-0.05, 0) is 25.2 Å². The average molecular weight is 282 g/mol. The van der Waals surface area contributed by atoms with Gasteiger partial charge in [0.25, 0.3) is 0 Å². The van der Waals surface area contributed by atoms with Gasteiger partial charge in [-0.1, -0.05) is 38.5 Å². The van der Waals surface area contributed by atoms with Crippen molar-refractivity contribution in [2.45, 2.75) is 56.5 Å². The van der Waals surface area contributed by atoms with E-state index < -0.39 is 0 Å². The van der Waals surface area contributed by atoms with Crippen LogP contribution in [0.1, 0.15) is 40.0 Å². The van der Waals surface area contributed by atoms with Gasteiger partial charge in [-0.25, -0.2) is 4.98 Å². The van der Waals surface area contributed by atoms with E-state index in [-0.39, 0.29) is 11.2 Å². The number of amides is 1. The standard InChI is InChI=1S/C13H22N4OS/c1-8-5-4-6-11(9(8)2)16-12(18)10(3)19-13-14-7-15-17-13/h7-11H,4-6H2,1-3H3,(H,16,18)(H,14,15,17)/t8-,9-,10-,11-/m1/s1. The third kappa shape index (κ3) is 3.72. The fourth-order valence-corrected chi connectivity index (χ4v) is 3.28. The topological polar surface area (TPSA) is 70.7 Å². The van der Waals surface area contributed by atoms with E-state index in [0.29, 0.717) is 23.0 Å². The molecule has 0 spiro atoms. The molecule has 0 unspecified atom stereocenters. The Kier molecular flexibility index (Phi) is 4.85. The lowest BCUT2D eigenvalue weighted by Crippen LogP contribution is -2.46. The summed E-state index contributed by atoms with van der Waals surface area (Å²) in [5, 5.41) is 10.3. The lowest BCUT2D eigenvalue weighted by molar-refractivity contribution is -0.121. The molecule has 1 heterocycles. The predicted octanol–water partition coefficient (Wildman–Crippen LogP) is 2.23. The zero-order valence-corrected chi connectivity index (χ0v) is 12.5. The molecule has 2 rings (SSSR count). The molecule has 1 saturated carbocycles. The van der Waals surface area contributed by atoms with Gasteiger partial charge in [0, 0.05) is 6.04 Å². The molecule has 0 saturated heterocycles. The maximum absolute atomic E-state index is 12.2. The summed E-state index contributed by atoms with van der Waals surface area (Å²) in [5.74, 6) is 1.34. The summed E-state index contributed by atoms with van der Waals surface area (Å²) in [6.07, 6.45) is 5.03. The van der Waals surface area contributed by atoms with Crippen molar-refractivity contribution in [1.82, 2.24) is 20.5 Å². The van der Waals surface area contributed by atoms with Crippen molar-refractivity contribution in [2.75, 3.05) is 0 Å². The maximum Gasteiger partial charge on any atom is 0.233 e. The minimum Gasteiger partial charge on any atom is -0.352 e. The molecule has 4 atom stereocenters. The first-order chi connectivity index (χ1) is 9.08. The molecule has 0 bridgehead atoms. The zero-order valence-electron chi connectivity index (χ0n) is 11.7. The summed E-state index contributed by atoms with van der Waals surface area (Å²) in [6, 6.07) is 0.314. The molecule has 0 aromatic carbocycles. The SMILES string of the molecule is C[C@@H]1[C@H](C)CCC[C@H]1NC(=O)[C@@H](C)Sc1ncn[nH]1. The van der Waals surface area contributed by atoms with Gasteiger partial charge in [0.1, 0.15) is 6.33 Å². The zero-order chi connectivity index (χ0) is 13.8. The van der Waals surface area contributed by atoms with Crippen molar-refractivity contribution < 1.29 is 4.79 Å². The minimum absolute atomic E-state index is 0.0901. The van der Waals surface area contributed by atoms with Gasteiger partial charge < -0.3 is 5.32 Å². The largest absolute Gasteiger partial charge is 0.352 e. The molecule has 1 aliphatic rings. The fourth-order valence-electron chi connectivity index (χ4n) is 2.56. The Morgan fingerprint density at radius 3 is 3.00 bits per heavy atom.